The molecule has 11 heteroatoms. The van der Waals surface area contributed by atoms with Gasteiger partial charge in [-0.3, -0.25) is 14.5 Å². The first-order valence-electron chi connectivity index (χ1n) is 15.3. The van der Waals surface area contributed by atoms with E-state index in [1.807, 2.05) is 35.2 Å². The van der Waals surface area contributed by atoms with Gasteiger partial charge in [0, 0.05) is 37.2 Å². The van der Waals surface area contributed by atoms with E-state index in [1.165, 1.54) is 33.5 Å². The number of amides is 2. The third kappa shape index (κ3) is 6.12. The van der Waals surface area contributed by atoms with Crippen LogP contribution in [-0.2, 0) is 16.4 Å². The SMILES string of the molecule is COc1cc(C(=O)N2CCC(C(C)N3CCC(C(N)=O)(c4ccccc4)C(c4ccc(C(F)(F)F)cc4)C3)C2)cc(OC)c1OC. The molecule has 0 bridgehead atoms. The zero-order valence-electron chi connectivity index (χ0n) is 26.5. The van der Waals surface area contributed by atoms with E-state index in [4.69, 9.17) is 19.9 Å². The molecule has 2 heterocycles. The van der Waals surface area contributed by atoms with Crippen LogP contribution in [0.1, 0.15) is 52.7 Å². The predicted octanol–water partition coefficient (Wildman–Crippen LogP) is 5.49. The minimum atomic E-state index is -4.47. The lowest BCUT2D eigenvalue weighted by Gasteiger charge is -2.49. The molecule has 5 rings (SSSR count). The van der Waals surface area contributed by atoms with Gasteiger partial charge in [0.1, 0.15) is 0 Å². The summed E-state index contributed by atoms with van der Waals surface area (Å²) in [4.78, 5) is 31.1. The van der Waals surface area contributed by atoms with Crippen LogP contribution in [0.2, 0.25) is 0 Å². The molecule has 2 saturated heterocycles. The lowest BCUT2D eigenvalue weighted by molar-refractivity contribution is -0.137. The molecule has 0 radical (unpaired) electrons. The van der Waals surface area contributed by atoms with Crippen LogP contribution in [0.4, 0.5) is 13.2 Å². The molecule has 0 aliphatic carbocycles. The molecule has 2 N–H and O–H groups in total. The van der Waals surface area contributed by atoms with Gasteiger partial charge in [0.25, 0.3) is 5.91 Å². The zero-order chi connectivity index (χ0) is 33.2. The number of ether oxygens (including phenoxy) is 3. The number of likely N-dealkylation sites (tertiary alicyclic amines) is 2. The fourth-order valence-electron chi connectivity index (χ4n) is 7.21. The highest BCUT2D eigenvalue weighted by molar-refractivity contribution is 5.96. The molecule has 3 aromatic carbocycles. The van der Waals surface area contributed by atoms with E-state index in [-0.39, 0.29) is 17.9 Å². The summed E-state index contributed by atoms with van der Waals surface area (Å²) in [5.74, 6) is 0.207. The van der Waals surface area contributed by atoms with E-state index in [0.717, 1.165) is 24.1 Å². The second-order valence-electron chi connectivity index (χ2n) is 12.1. The largest absolute Gasteiger partial charge is 0.493 e. The van der Waals surface area contributed by atoms with Crippen molar-refractivity contribution < 1.29 is 37.0 Å². The number of nitrogens with zero attached hydrogens (tertiary/aromatic N) is 2. The molecule has 46 heavy (non-hydrogen) atoms. The highest BCUT2D eigenvalue weighted by Crippen LogP contribution is 2.47. The molecule has 8 nitrogen and oxygen atoms in total. The van der Waals surface area contributed by atoms with Crippen LogP contribution in [0.3, 0.4) is 0 Å². The Morgan fingerprint density at radius 3 is 2.09 bits per heavy atom. The Labute approximate surface area is 267 Å². The van der Waals surface area contributed by atoms with Crippen LogP contribution in [0.15, 0.2) is 66.7 Å². The van der Waals surface area contributed by atoms with Gasteiger partial charge in [0.15, 0.2) is 11.5 Å². The van der Waals surface area contributed by atoms with Gasteiger partial charge in [-0.05, 0) is 67.6 Å². The van der Waals surface area contributed by atoms with Gasteiger partial charge in [0.05, 0.1) is 32.3 Å². The normalized spacial score (nSPS) is 22.7. The number of carbonyl (C=O) groups excluding carboxylic acids is 2. The molecule has 0 aromatic heterocycles. The quantitative estimate of drug-likeness (QED) is 0.333. The second kappa shape index (κ2) is 13.2. The summed E-state index contributed by atoms with van der Waals surface area (Å²) < 4.78 is 56.5. The number of methoxy groups -OCH3 is 3. The molecule has 3 aromatic rings. The number of hydrogen-bond acceptors (Lipinski definition) is 6. The van der Waals surface area contributed by atoms with E-state index >= 15 is 0 Å². The second-order valence-corrected chi connectivity index (χ2v) is 12.1. The Bertz CT molecular complexity index is 1520. The predicted molar refractivity (Wildman–Crippen MR) is 167 cm³/mol. The van der Waals surface area contributed by atoms with Crippen molar-refractivity contribution in [3.8, 4) is 17.2 Å². The fourth-order valence-corrected chi connectivity index (χ4v) is 7.21. The molecule has 2 fully saturated rings. The van der Waals surface area contributed by atoms with E-state index in [1.54, 1.807) is 12.1 Å². The third-order valence-corrected chi connectivity index (χ3v) is 9.86. The van der Waals surface area contributed by atoms with Gasteiger partial charge in [-0.1, -0.05) is 42.5 Å². The highest BCUT2D eigenvalue weighted by atomic mass is 19.4. The van der Waals surface area contributed by atoms with Gasteiger partial charge in [0.2, 0.25) is 11.7 Å². The van der Waals surface area contributed by atoms with E-state index in [0.29, 0.717) is 61.0 Å². The molecule has 2 aliphatic rings. The number of alkyl halides is 3. The number of nitrogens with two attached hydrogens (primary N) is 1. The standard InChI is InChI=1S/C35H40F3N3O5/c1-22(24-14-16-41(20-24)32(42)25-18-29(44-2)31(46-4)30(19-25)45-3)40-17-15-34(33(39)43,26-8-6-5-7-9-26)28(21-40)23-10-12-27(13-11-23)35(36,37)38/h5-13,18-19,22,24,28H,14-17,20-21H2,1-4H3,(H2,39,43). The number of carbonyl (C=O) groups is 2. The van der Waals surface area contributed by atoms with Crippen molar-refractivity contribution in [2.75, 3.05) is 47.5 Å². The minimum absolute atomic E-state index is 0.0244. The van der Waals surface area contributed by atoms with Crippen molar-refractivity contribution in [1.82, 2.24) is 9.80 Å². The summed E-state index contributed by atoms with van der Waals surface area (Å²) in [6, 6.07) is 17.7. The van der Waals surface area contributed by atoms with Crippen LogP contribution in [0.25, 0.3) is 0 Å². The van der Waals surface area contributed by atoms with E-state index in [2.05, 4.69) is 11.8 Å². The monoisotopic (exact) mass is 639 g/mol. The Hall–Kier alpha value is -4.25. The summed E-state index contributed by atoms with van der Waals surface area (Å²) in [5.41, 5.74) is 6.13. The Balaban J connectivity index is 1.39. The first kappa shape index (κ1) is 33.1. The number of piperidine rings is 1. The van der Waals surface area contributed by atoms with Crippen molar-refractivity contribution in [1.29, 1.82) is 0 Å². The molecule has 0 saturated carbocycles. The van der Waals surface area contributed by atoms with Gasteiger partial charge in [-0.15, -0.1) is 0 Å². The topological polar surface area (TPSA) is 94.3 Å². The highest BCUT2D eigenvalue weighted by Gasteiger charge is 2.51. The molecule has 2 amide bonds. The molecular formula is C35H40F3N3O5. The summed E-state index contributed by atoms with van der Waals surface area (Å²) >= 11 is 0. The van der Waals surface area contributed by atoms with Gasteiger partial charge in [-0.25, -0.2) is 0 Å². The number of primary amides is 1. The van der Waals surface area contributed by atoms with Gasteiger partial charge >= 0.3 is 6.18 Å². The minimum Gasteiger partial charge on any atom is -0.493 e. The lowest BCUT2D eigenvalue weighted by atomic mass is 9.62. The van der Waals surface area contributed by atoms with Crippen molar-refractivity contribution >= 4 is 11.8 Å². The van der Waals surface area contributed by atoms with Crippen molar-refractivity contribution in [3.05, 3.63) is 89.0 Å². The number of benzene rings is 3. The van der Waals surface area contributed by atoms with Crippen LogP contribution < -0.4 is 19.9 Å². The third-order valence-electron chi connectivity index (χ3n) is 9.86. The summed E-state index contributed by atoms with van der Waals surface area (Å²) in [7, 11) is 4.51. The number of halogens is 3. The summed E-state index contributed by atoms with van der Waals surface area (Å²) in [6.07, 6.45) is -3.29. The zero-order valence-corrected chi connectivity index (χ0v) is 26.5. The molecule has 0 spiro atoms. The molecule has 246 valence electrons. The smallest absolute Gasteiger partial charge is 0.416 e. The van der Waals surface area contributed by atoms with Crippen LogP contribution in [0, 0.1) is 5.92 Å². The van der Waals surface area contributed by atoms with E-state index in [9.17, 15) is 22.8 Å². The summed E-state index contributed by atoms with van der Waals surface area (Å²) in [5, 5.41) is 0. The first-order chi connectivity index (χ1) is 21.9. The van der Waals surface area contributed by atoms with Gasteiger partial charge < -0.3 is 24.8 Å². The Morgan fingerprint density at radius 2 is 1.54 bits per heavy atom. The maximum Gasteiger partial charge on any atom is 0.416 e. The van der Waals surface area contributed by atoms with Crippen LogP contribution in [-0.4, -0.2) is 75.2 Å². The molecular weight excluding hydrogens is 599 g/mol. The molecule has 2 aliphatic heterocycles. The van der Waals surface area contributed by atoms with Gasteiger partial charge in [-0.2, -0.15) is 13.2 Å². The van der Waals surface area contributed by atoms with Crippen molar-refractivity contribution in [3.63, 3.8) is 0 Å². The number of hydrogen-bond donors (Lipinski definition) is 1. The maximum absolute atomic E-state index is 13.6. The molecule has 4 atom stereocenters. The van der Waals surface area contributed by atoms with Crippen LogP contribution >= 0.6 is 0 Å². The van der Waals surface area contributed by atoms with Crippen molar-refractivity contribution in [2.24, 2.45) is 11.7 Å². The molecule has 4 unspecified atom stereocenters. The number of rotatable bonds is 9. The van der Waals surface area contributed by atoms with Crippen molar-refractivity contribution in [2.45, 2.75) is 43.3 Å². The van der Waals surface area contributed by atoms with E-state index < -0.39 is 29.0 Å². The Kier molecular flexibility index (Phi) is 9.53. The fraction of sp³-hybridized carbons (Fsp3) is 0.429. The average Bonchev–Trinajstić information content (AvgIpc) is 3.57. The van der Waals surface area contributed by atoms with Crippen LogP contribution in [0.5, 0.6) is 17.2 Å². The Morgan fingerprint density at radius 1 is 0.913 bits per heavy atom. The summed E-state index contributed by atoms with van der Waals surface area (Å²) in [6.45, 7) is 4.19. The lowest BCUT2D eigenvalue weighted by Crippen LogP contribution is -2.57. The average molecular weight is 640 g/mol. The first-order valence-corrected chi connectivity index (χ1v) is 15.3. The maximum atomic E-state index is 13.6.